The molecule has 0 heterocycles. The largest absolute Gasteiger partial charge is 0.454 e. The number of ether oxygens (including phenoxy) is 2. The van der Waals surface area contributed by atoms with Gasteiger partial charge in [0.1, 0.15) is 12.3 Å². The van der Waals surface area contributed by atoms with Crippen molar-refractivity contribution in [3.63, 3.8) is 0 Å². The SMILES string of the molecule is CN(C)C(=O)c1ccc(NC(=O)COC(=O)CNC(=O)c2cccc(OC(F)F)c2)cc1. The molecule has 0 aliphatic rings. The van der Waals surface area contributed by atoms with Crippen LogP contribution in [0.2, 0.25) is 0 Å². The molecule has 170 valence electrons. The van der Waals surface area contributed by atoms with E-state index in [0.717, 1.165) is 6.07 Å². The van der Waals surface area contributed by atoms with Crippen molar-refractivity contribution in [3.05, 3.63) is 59.7 Å². The number of hydrogen-bond acceptors (Lipinski definition) is 6. The quantitative estimate of drug-likeness (QED) is 0.566. The molecule has 0 aromatic heterocycles. The van der Waals surface area contributed by atoms with Crippen LogP contribution in [0.5, 0.6) is 5.75 Å². The summed E-state index contributed by atoms with van der Waals surface area (Å²) in [7, 11) is 3.24. The summed E-state index contributed by atoms with van der Waals surface area (Å²) in [5, 5.41) is 4.76. The Morgan fingerprint density at radius 3 is 2.31 bits per heavy atom. The molecule has 2 aromatic rings. The molecule has 11 heteroatoms. The van der Waals surface area contributed by atoms with Crippen LogP contribution in [0.15, 0.2) is 48.5 Å². The Bertz CT molecular complexity index is 980. The lowest BCUT2D eigenvalue weighted by molar-refractivity contribution is -0.146. The Morgan fingerprint density at radius 2 is 1.69 bits per heavy atom. The summed E-state index contributed by atoms with van der Waals surface area (Å²) in [6.45, 7) is -4.16. The van der Waals surface area contributed by atoms with E-state index >= 15 is 0 Å². The molecule has 0 unspecified atom stereocenters. The Hall–Kier alpha value is -4.02. The molecule has 0 saturated heterocycles. The van der Waals surface area contributed by atoms with Crippen molar-refractivity contribution >= 4 is 29.4 Å². The number of amides is 3. The first-order chi connectivity index (χ1) is 15.2. The van der Waals surface area contributed by atoms with Gasteiger partial charge < -0.3 is 25.0 Å². The number of rotatable bonds is 9. The van der Waals surface area contributed by atoms with Crippen LogP contribution in [0.25, 0.3) is 0 Å². The number of nitrogens with zero attached hydrogens (tertiary/aromatic N) is 1. The minimum atomic E-state index is -3.03. The fraction of sp³-hybridized carbons (Fsp3) is 0.238. The highest BCUT2D eigenvalue weighted by molar-refractivity contribution is 5.97. The second kappa shape index (κ2) is 11.4. The molecule has 0 aliphatic carbocycles. The van der Waals surface area contributed by atoms with E-state index in [1.54, 1.807) is 26.2 Å². The van der Waals surface area contributed by atoms with Crippen LogP contribution in [0.1, 0.15) is 20.7 Å². The number of alkyl halides is 2. The summed E-state index contributed by atoms with van der Waals surface area (Å²) in [5.41, 5.74) is 0.854. The number of benzene rings is 2. The Balaban J connectivity index is 1.76. The monoisotopic (exact) mass is 449 g/mol. The first kappa shape index (κ1) is 24.3. The lowest BCUT2D eigenvalue weighted by atomic mass is 10.2. The van der Waals surface area contributed by atoms with Crippen LogP contribution in [0.3, 0.4) is 0 Å². The van der Waals surface area contributed by atoms with Crippen LogP contribution in [0, 0.1) is 0 Å². The molecule has 0 fully saturated rings. The number of nitrogens with one attached hydrogen (secondary N) is 2. The van der Waals surface area contributed by atoms with E-state index < -0.39 is 37.5 Å². The zero-order chi connectivity index (χ0) is 23.7. The maximum absolute atomic E-state index is 12.2. The fourth-order valence-corrected chi connectivity index (χ4v) is 2.42. The van der Waals surface area contributed by atoms with Gasteiger partial charge in [0.2, 0.25) is 0 Å². The van der Waals surface area contributed by atoms with Crippen LogP contribution in [-0.2, 0) is 14.3 Å². The molecule has 9 nitrogen and oxygen atoms in total. The van der Waals surface area contributed by atoms with E-state index in [-0.39, 0.29) is 17.2 Å². The van der Waals surface area contributed by atoms with Gasteiger partial charge in [-0.2, -0.15) is 8.78 Å². The summed E-state index contributed by atoms with van der Waals surface area (Å²) in [6.07, 6.45) is 0. The van der Waals surface area contributed by atoms with E-state index in [0.29, 0.717) is 11.3 Å². The van der Waals surface area contributed by atoms with Gasteiger partial charge in [-0.05, 0) is 42.5 Å². The van der Waals surface area contributed by atoms with Gasteiger partial charge in [0, 0.05) is 30.9 Å². The highest BCUT2D eigenvalue weighted by atomic mass is 19.3. The van der Waals surface area contributed by atoms with Crippen molar-refractivity contribution in [1.29, 1.82) is 0 Å². The molecule has 32 heavy (non-hydrogen) atoms. The fourth-order valence-electron chi connectivity index (χ4n) is 2.42. The van der Waals surface area contributed by atoms with Crippen LogP contribution in [-0.4, -0.2) is 62.4 Å². The molecular weight excluding hydrogens is 428 g/mol. The van der Waals surface area contributed by atoms with Gasteiger partial charge >= 0.3 is 12.6 Å². The molecule has 2 rings (SSSR count). The van der Waals surface area contributed by atoms with Crippen molar-refractivity contribution < 1.29 is 37.4 Å². The number of esters is 1. The summed E-state index contributed by atoms with van der Waals surface area (Å²) in [6, 6.07) is 11.2. The van der Waals surface area contributed by atoms with E-state index in [2.05, 4.69) is 15.4 Å². The molecular formula is C21H21F2N3O6. The van der Waals surface area contributed by atoms with E-state index in [9.17, 15) is 28.0 Å². The first-order valence-electron chi connectivity index (χ1n) is 9.26. The maximum Gasteiger partial charge on any atom is 0.387 e. The van der Waals surface area contributed by atoms with Crippen molar-refractivity contribution in [2.75, 3.05) is 32.6 Å². The molecule has 3 amide bonds. The molecule has 2 aromatic carbocycles. The normalized spacial score (nSPS) is 10.3. The molecule has 0 aliphatic heterocycles. The Morgan fingerprint density at radius 1 is 1.00 bits per heavy atom. The predicted octanol–water partition coefficient (Wildman–Crippen LogP) is 1.90. The van der Waals surface area contributed by atoms with E-state index in [4.69, 9.17) is 4.74 Å². The average Bonchev–Trinajstić information content (AvgIpc) is 2.75. The van der Waals surface area contributed by atoms with E-state index in [1.165, 1.54) is 35.2 Å². The summed E-state index contributed by atoms with van der Waals surface area (Å²) in [4.78, 5) is 48.9. The molecule has 0 saturated carbocycles. The van der Waals surface area contributed by atoms with Crippen LogP contribution in [0.4, 0.5) is 14.5 Å². The predicted molar refractivity (Wildman–Crippen MR) is 109 cm³/mol. The lowest BCUT2D eigenvalue weighted by Gasteiger charge is -2.11. The van der Waals surface area contributed by atoms with Gasteiger partial charge in [0.25, 0.3) is 17.7 Å². The summed E-state index contributed by atoms with van der Waals surface area (Å²) >= 11 is 0. The average molecular weight is 449 g/mol. The molecule has 0 bridgehead atoms. The smallest absolute Gasteiger partial charge is 0.387 e. The van der Waals surface area contributed by atoms with Gasteiger partial charge in [0.05, 0.1) is 0 Å². The number of halogens is 2. The van der Waals surface area contributed by atoms with E-state index in [1.807, 2.05) is 0 Å². The zero-order valence-corrected chi connectivity index (χ0v) is 17.3. The van der Waals surface area contributed by atoms with Gasteiger partial charge in [-0.15, -0.1) is 0 Å². The van der Waals surface area contributed by atoms with Crippen LogP contribution < -0.4 is 15.4 Å². The summed E-state index contributed by atoms with van der Waals surface area (Å²) < 4.78 is 33.5. The third-order valence-electron chi connectivity index (χ3n) is 3.90. The highest BCUT2D eigenvalue weighted by Gasteiger charge is 2.13. The van der Waals surface area contributed by atoms with Gasteiger partial charge in [-0.25, -0.2) is 0 Å². The summed E-state index contributed by atoms with van der Waals surface area (Å²) in [5.74, 6) is -2.59. The number of anilines is 1. The minimum Gasteiger partial charge on any atom is -0.454 e. The number of hydrogen-bond donors (Lipinski definition) is 2. The van der Waals surface area contributed by atoms with Crippen LogP contribution >= 0.6 is 0 Å². The standard InChI is InChI=1S/C21H21F2N3O6/c1-26(2)20(30)13-6-8-15(9-7-13)25-17(27)12-31-18(28)11-24-19(29)14-4-3-5-16(10-14)32-21(22)23/h3-10,21H,11-12H2,1-2H3,(H,24,29)(H,25,27). The molecule has 0 spiro atoms. The minimum absolute atomic E-state index is 0.00453. The second-order valence-corrected chi connectivity index (χ2v) is 6.57. The Labute approximate surface area is 182 Å². The maximum atomic E-state index is 12.2. The first-order valence-corrected chi connectivity index (χ1v) is 9.26. The molecule has 0 radical (unpaired) electrons. The zero-order valence-electron chi connectivity index (χ0n) is 17.3. The number of carbonyl (C=O) groups excluding carboxylic acids is 4. The second-order valence-electron chi connectivity index (χ2n) is 6.57. The van der Waals surface area contributed by atoms with Gasteiger partial charge in [0.15, 0.2) is 6.61 Å². The Kier molecular flexibility index (Phi) is 8.63. The van der Waals surface area contributed by atoms with Crippen molar-refractivity contribution in [3.8, 4) is 5.75 Å². The third kappa shape index (κ3) is 7.67. The molecule has 2 N–H and O–H groups in total. The van der Waals surface area contributed by atoms with Crippen molar-refractivity contribution in [2.45, 2.75) is 6.61 Å². The third-order valence-corrected chi connectivity index (χ3v) is 3.90. The number of carbonyl (C=O) groups is 4. The van der Waals surface area contributed by atoms with Gasteiger partial charge in [-0.1, -0.05) is 6.07 Å². The van der Waals surface area contributed by atoms with Crippen molar-refractivity contribution in [2.24, 2.45) is 0 Å². The van der Waals surface area contributed by atoms with Gasteiger partial charge in [-0.3, -0.25) is 19.2 Å². The topological polar surface area (TPSA) is 114 Å². The highest BCUT2D eigenvalue weighted by Crippen LogP contribution is 2.16. The lowest BCUT2D eigenvalue weighted by Crippen LogP contribution is -2.32. The molecule has 0 atom stereocenters. The van der Waals surface area contributed by atoms with Crippen molar-refractivity contribution in [1.82, 2.24) is 10.2 Å².